The topological polar surface area (TPSA) is 9.23 Å². The zero-order valence-electron chi connectivity index (χ0n) is 19.9. The van der Waals surface area contributed by atoms with Gasteiger partial charge in [-0.1, -0.05) is 50.2 Å². The third kappa shape index (κ3) is 7.65. The van der Waals surface area contributed by atoms with Crippen LogP contribution in [0.3, 0.4) is 0 Å². The van der Waals surface area contributed by atoms with Gasteiger partial charge in [-0.15, -0.1) is 0 Å². The highest BCUT2D eigenvalue weighted by atomic mass is 32.1. The summed E-state index contributed by atoms with van der Waals surface area (Å²) in [7, 11) is -4.30. The van der Waals surface area contributed by atoms with Crippen molar-refractivity contribution in [3.8, 4) is 37.8 Å². The van der Waals surface area contributed by atoms with Crippen molar-refractivity contribution < 1.29 is 22.0 Å². The van der Waals surface area contributed by atoms with Crippen molar-refractivity contribution >= 4 is 18.6 Å². The van der Waals surface area contributed by atoms with Gasteiger partial charge in [0.05, 0.1) is 7.11 Å². The summed E-state index contributed by atoms with van der Waals surface area (Å²) in [6.45, 7) is 4.39. The van der Waals surface area contributed by atoms with Crippen LogP contribution in [-0.4, -0.2) is 14.4 Å². The standard InChI is InChI=1S/C28H27OS.BF4/c1-4-20-6-10-23(11-7-20)27-19-18-26(22-14-16-25(29-3)17-15-22)28(30-27)24-12-8-21(5-2)9-13-24;2-1(3,4)5/h6-19H,4-5H2,1-3H3;/q+1;-1. The van der Waals surface area contributed by atoms with Crippen molar-refractivity contribution in [3.05, 3.63) is 96.1 Å². The summed E-state index contributed by atoms with van der Waals surface area (Å²) in [6, 6.07) is 30.8. The molecule has 182 valence electrons. The van der Waals surface area contributed by atoms with E-state index >= 15 is 0 Å². The fourth-order valence-electron chi connectivity index (χ4n) is 3.60. The van der Waals surface area contributed by atoms with E-state index in [1.165, 1.54) is 43.1 Å². The molecule has 0 radical (unpaired) electrons. The SMILES string of the molecule is CCc1ccc(-c2ccc(-c3ccc(OC)cc3)c(-c3ccc(CC)cc3)[s+]2)cc1.F[B-](F)(F)F. The lowest BCUT2D eigenvalue weighted by Crippen LogP contribution is -2.02. The molecular formula is C28H27BF4OS. The molecule has 0 saturated carbocycles. The molecule has 0 fully saturated rings. The van der Waals surface area contributed by atoms with Crippen LogP contribution in [0.4, 0.5) is 17.3 Å². The molecule has 0 aliphatic rings. The molecule has 35 heavy (non-hydrogen) atoms. The lowest BCUT2D eigenvalue weighted by molar-refractivity contribution is 0.368. The lowest BCUT2D eigenvalue weighted by atomic mass is 10.0. The van der Waals surface area contributed by atoms with Gasteiger partial charge in [0.15, 0.2) is 0 Å². The molecule has 0 atom stereocenters. The Labute approximate surface area is 208 Å². The van der Waals surface area contributed by atoms with E-state index in [-0.39, 0.29) is 0 Å². The van der Waals surface area contributed by atoms with Gasteiger partial charge in [-0.3, -0.25) is 0 Å². The number of halogens is 4. The Kier molecular flexibility index (Phi) is 9.04. The normalized spacial score (nSPS) is 10.9. The molecule has 4 aromatic rings. The second-order valence-corrected chi connectivity index (χ2v) is 8.92. The van der Waals surface area contributed by atoms with Crippen LogP contribution in [0.15, 0.2) is 84.9 Å². The summed E-state index contributed by atoms with van der Waals surface area (Å²) >= 11 is 1.86. The van der Waals surface area contributed by atoms with Crippen LogP contribution >= 0.6 is 11.3 Å². The first-order valence-corrected chi connectivity index (χ1v) is 12.2. The van der Waals surface area contributed by atoms with Crippen LogP contribution < -0.4 is 4.74 Å². The second-order valence-electron chi connectivity index (χ2n) is 7.87. The zero-order valence-corrected chi connectivity index (χ0v) is 20.7. The Bertz CT molecular complexity index is 1220. The van der Waals surface area contributed by atoms with E-state index in [0.717, 1.165) is 18.6 Å². The summed E-state index contributed by atoms with van der Waals surface area (Å²) in [5.41, 5.74) is 7.71. The minimum atomic E-state index is -6.00. The molecule has 1 aromatic heterocycles. The van der Waals surface area contributed by atoms with E-state index < -0.39 is 7.25 Å². The number of aryl methyl sites for hydroxylation is 2. The maximum atomic E-state index is 9.75. The fraction of sp³-hybridized carbons (Fsp3) is 0.179. The molecule has 7 heteroatoms. The lowest BCUT2D eigenvalue weighted by Gasteiger charge is -2.06. The number of benzene rings is 3. The third-order valence-electron chi connectivity index (χ3n) is 5.53. The molecular weight excluding hydrogens is 471 g/mol. The van der Waals surface area contributed by atoms with Crippen LogP contribution in [0.1, 0.15) is 25.0 Å². The van der Waals surface area contributed by atoms with Crippen LogP contribution in [0.5, 0.6) is 5.75 Å². The summed E-state index contributed by atoms with van der Waals surface area (Å²) < 4.78 is 44.3. The number of ether oxygens (including phenoxy) is 1. The van der Waals surface area contributed by atoms with Gasteiger partial charge in [0.2, 0.25) is 21.1 Å². The van der Waals surface area contributed by atoms with Crippen molar-refractivity contribution in [1.82, 2.24) is 0 Å². The Morgan fingerprint density at radius 3 is 1.54 bits per heavy atom. The van der Waals surface area contributed by atoms with E-state index in [9.17, 15) is 17.3 Å². The first-order valence-electron chi connectivity index (χ1n) is 11.4. The van der Waals surface area contributed by atoms with Gasteiger partial charge in [-0.25, -0.2) is 0 Å². The average Bonchev–Trinajstić information content (AvgIpc) is 2.87. The Balaban J connectivity index is 0.000000623. The van der Waals surface area contributed by atoms with Crippen molar-refractivity contribution in [2.75, 3.05) is 7.11 Å². The van der Waals surface area contributed by atoms with E-state index in [4.69, 9.17) is 4.74 Å². The van der Waals surface area contributed by atoms with Crippen molar-refractivity contribution in [2.24, 2.45) is 0 Å². The number of rotatable bonds is 6. The smallest absolute Gasteiger partial charge is 0.497 e. The van der Waals surface area contributed by atoms with Crippen LogP contribution in [0, 0.1) is 0 Å². The first-order chi connectivity index (χ1) is 16.7. The predicted octanol–water partition coefficient (Wildman–Crippen LogP) is 9.46. The molecule has 0 N–H and O–H groups in total. The number of hydrogen-bond donors (Lipinski definition) is 0. The summed E-state index contributed by atoms with van der Waals surface area (Å²) in [5.74, 6) is 0.879. The fourth-order valence-corrected chi connectivity index (χ4v) is 4.76. The molecule has 0 unspecified atom stereocenters. The highest BCUT2D eigenvalue weighted by Crippen LogP contribution is 2.40. The van der Waals surface area contributed by atoms with Gasteiger partial charge in [0.25, 0.3) is 0 Å². The molecule has 0 aliphatic heterocycles. The van der Waals surface area contributed by atoms with E-state index in [0.29, 0.717) is 0 Å². The van der Waals surface area contributed by atoms with E-state index in [1.54, 1.807) is 7.11 Å². The molecule has 0 bridgehead atoms. The van der Waals surface area contributed by atoms with Gasteiger partial charge < -0.3 is 22.0 Å². The number of hydrogen-bond acceptors (Lipinski definition) is 1. The molecule has 0 spiro atoms. The largest absolute Gasteiger partial charge is 0.673 e. The average molecular weight is 498 g/mol. The van der Waals surface area contributed by atoms with E-state index in [2.05, 4.69) is 86.6 Å². The number of methoxy groups -OCH3 is 1. The quantitative estimate of drug-likeness (QED) is 0.146. The van der Waals surface area contributed by atoms with Crippen LogP contribution in [-0.2, 0) is 12.8 Å². The third-order valence-corrected chi connectivity index (χ3v) is 6.78. The predicted molar refractivity (Wildman–Crippen MR) is 141 cm³/mol. The van der Waals surface area contributed by atoms with Crippen LogP contribution in [0.25, 0.3) is 32.0 Å². The molecule has 1 nitrogen and oxygen atoms in total. The molecule has 0 aliphatic carbocycles. The molecule has 1 heterocycles. The van der Waals surface area contributed by atoms with E-state index in [1.807, 2.05) is 23.5 Å². The first kappa shape index (κ1) is 26.4. The summed E-state index contributed by atoms with van der Waals surface area (Å²) in [5, 5.41) is 0. The highest BCUT2D eigenvalue weighted by molar-refractivity contribution is 7.18. The highest BCUT2D eigenvalue weighted by Gasteiger charge is 2.22. The molecule has 0 saturated heterocycles. The van der Waals surface area contributed by atoms with Crippen molar-refractivity contribution in [2.45, 2.75) is 26.7 Å². The van der Waals surface area contributed by atoms with Gasteiger partial charge >= 0.3 is 7.25 Å². The van der Waals surface area contributed by atoms with Gasteiger partial charge in [0, 0.05) is 22.8 Å². The Morgan fingerprint density at radius 2 is 1.09 bits per heavy atom. The van der Waals surface area contributed by atoms with Gasteiger partial charge in [0.1, 0.15) is 5.75 Å². The molecule has 0 amide bonds. The van der Waals surface area contributed by atoms with Crippen molar-refractivity contribution in [3.63, 3.8) is 0 Å². The molecule has 3 aromatic carbocycles. The minimum absolute atomic E-state index is 0.879. The summed E-state index contributed by atoms with van der Waals surface area (Å²) in [4.78, 5) is 2.57. The van der Waals surface area contributed by atoms with Crippen LogP contribution in [0.2, 0.25) is 0 Å². The summed E-state index contributed by atoms with van der Waals surface area (Å²) in [6.07, 6.45) is 2.12. The van der Waals surface area contributed by atoms with Gasteiger partial charge in [-0.2, -0.15) is 0 Å². The minimum Gasteiger partial charge on any atom is -0.497 e. The molecule has 4 rings (SSSR count). The van der Waals surface area contributed by atoms with Gasteiger partial charge in [-0.05, 0) is 72.0 Å². The second kappa shape index (κ2) is 12.0. The zero-order chi connectivity index (χ0) is 25.4. The van der Waals surface area contributed by atoms with Crippen molar-refractivity contribution in [1.29, 1.82) is 0 Å². The maximum absolute atomic E-state index is 9.75. The maximum Gasteiger partial charge on any atom is 0.673 e. The Hall–Kier alpha value is -3.19. The monoisotopic (exact) mass is 498 g/mol. The Morgan fingerprint density at radius 1 is 0.629 bits per heavy atom.